The van der Waals surface area contributed by atoms with Gasteiger partial charge in [0.2, 0.25) is 0 Å². The van der Waals surface area contributed by atoms with Crippen LogP contribution in [0, 0.1) is 5.92 Å². The van der Waals surface area contributed by atoms with Gasteiger partial charge in [-0.15, -0.1) is 11.6 Å². The third-order valence-corrected chi connectivity index (χ3v) is 4.19. The number of aryl methyl sites for hydroxylation is 1. The van der Waals surface area contributed by atoms with E-state index in [4.69, 9.17) is 11.6 Å². The first kappa shape index (κ1) is 12.0. The molecule has 0 nitrogen and oxygen atoms in total. The van der Waals surface area contributed by atoms with Gasteiger partial charge in [0.15, 0.2) is 0 Å². The molecule has 2 rings (SSSR count). The van der Waals surface area contributed by atoms with Crippen molar-refractivity contribution < 1.29 is 0 Å². The van der Waals surface area contributed by atoms with E-state index in [1.165, 1.54) is 36.8 Å². The minimum atomic E-state index is 0.217. The zero-order valence-corrected chi connectivity index (χ0v) is 10.8. The summed E-state index contributed by atoms with van der Waals surface area (Å²) in [4.78, 5) is 0. The molecule has 0 heterocycles. The molecule has 88 valence electrons. The molecule has 0 aromatic heterocycles. The summed E-state index contributed by atoms with van der Waals surface area (Å²) in [6.07, 6.45) is 7.85. The Balaban J connectivity index is 1.94. The van der Waals surface area contributed by atoms with Gasteiger partial charge in [0, 0.05) is 0 Å². The van der Waals surface area contributed by atoms with Crippen LogP contribution >= 0.6 is 11.6 Å². The number of alkyl halides is 1. The highest BCUT2D eigenvalue weighted by molar-refractivity contribution is 6.20. The van der Waals surface area contributed by atoms with Crippen molar-refractivity contribution in [3.05, 3.63) is 35.4 Å². The lowest BCUT2D eigenvalue weighted by molar-refractivity contribution is 0.496. The van der Waals surface area contributed by atoms with Crippen molar-refractivity contribution in [2.24, 2.45) is 5.92 Å². The average molecular weight is 237 g/mol. The van der Waals surface area contributed by atoms with Gasteiger partial charge in [-0.1, -0.05) is 56.9 Å². The topological polar surface area (TPSA) is 0 Å². The van der Waals surface area contributed by atoms with Crippen LogP contribution in [-0.4, -0.2) is 0 Å². The van der Waals surface area contributed by atoms with E-state index in [0.717, 1.165) is 18.8 Å². The molecule has 1 aliphatic carbocycles. The Bertz CT molecular complexity index is 309. The number of rotatable bonds is 4. The lowest BCUT2D eigenvalue weighted by Crippen LogP contribution is -1.99. The second kappa shape index (κ2) is 5.72. The molecule has 16 heavy (non-hydrogen) atoms. The molecule has 1 aromatic rings. The van der Waals surface area contributed by atoms with Gasteiger partial charge >= 0.3 is 0 Å². The molecule has 0 saturated heterocycles. The zero-order chi connectivity index (χ0) is 11.4. The van der Waals surface area contributed by atoms with Crippen LogP contribution in [0.4, 0.5) is 0 Å². The summed E-state index contributed by atoms with van der Waals surface area (Å²) >= 11 is 6.48. The highest BCUT2D eigenvalue weighted by Gasteiger charge is 2.19. The number of halogens is 1. The summed E-state index contributed by atoms with van der Waals surface area (Å²) in [5.74, 6) is 0.869. The Labute approximate surface area is 104 Å². The predicted octanol–water partition coefficient (Wildman–Crippen LogP) is 5.11. The van der Waals surface area contributed by atoms with Crippen LogP contribution in [0.3, 0.4) is 0 Å². The molecule has 1 unspecified atom stereocenters. The van der Waals surface area contributed by atoms with Crippen molar-refractivity contribution in [3.8, 4) is 0 Å². The van der Waals surface area contributed by atoms with E-state index in [9.17, 15) is 0 Å². The molecule has 1 atom stereocenters. The molecule has 1 aliphatic rings. The Morgan fingerprint density at radius 2 is 1.81 bits per heavy atom. The summed E-state index contributed by atoms with van der Waals surface area (Å²) in [7, 11) is 0. The van der Waals surface area contributed by atoms with Crippen LogP contribution in [0.15, 0.2) is 24.3 Å². The predicted molar refractivity (Wildman–Crippen MR) is 71.0 cm³/mol. The fourth-order valence-electron chi connectivity index (χ4n) is 2.64. The molecular weight excluding hydrogens is 216 g/mol. The fourth-order valence-corrected chi connectivity index (χ4v) is 3.03. The van der Waals surface area contributed by atoms with Crippen molar-refractivity contribution in [3.63, 3.8) is 0 Å². The van der Waals surface area contributed by atoms with E-state index in [0.29, 0.717) is 0 Å². The van der Waals surface area contributed by atoms with Gasteiger partial charge < -0.3 is 0 Å². The van der Waals surface area contributed by atoms with Crippen LogP contribution in [0.25, 0.3) is 0 Å². The molecule has 1 aromatic carbocycles. The maximum absolute atomic E-state index is 6.48. The summed E-state index contributed by atoms with van der Waals surface area (Å²) in [6.45, 7) is 2.19. The molecule has 1 saturated carbocycles. The summed E-state index contributed by atoms with van der Waals surface area (Å²) in [5, 5.41) is 0.217. The lowest BCUT2D eigenvalue weighted by Gasteiger charge is -2.15. The van der Waals surface area contributed by atoms with Gasteiger partial charge in [-0.2, -0.15) is 0 Å². The van der Waals surface area contributed by atoms with Crippen LogP contribution in [0.5, 0.6) is 0 Å². The largest absolute Gasteiger partial charge is 0.118 e. The molecule has 1 fully saturated rings. The summed E-state index contributed by atoms with van der Waals surface area (Å²) in [6, 6.07) is 8.82. The van der Waals surface area contributed by atoms with Gasteiger partial charge in [0.1, 0.15) is 0 Å². The van der Waals surface area contributed by atoms with Crippen molar-refractivity contribution in [1.29, 1.82) is 0 Å². The van der Waals surface area contributed by atoms with E-state index < -0.39 is 0 Å². The molecule has 0 N–H and O–H groups in total. The summed E-state index contributed by atoms with van der Waals surface area (Å²) in [5.41, 5.74) is 2.69. The third-order valence-electron chi connectivity index (χ3n) is 3.76. The van der Waals surface area contributed by atoms with Gasteiger partial charge in [0.05, 0.1) is 5.38 Å². The standard InChI is InChI=1S/C15H21Cl/c1-2-12-7-9-14(10-8-12)15(16)11-13-5-3-4-6-13/h7-10,13,15H,2-6,11H2,1H3. The van der Waals surface area contributed by atoms with E-state index in [1.807, 2.05) is 0 Å². The minimum absolute atomic E-state index is 0.217. The Kier molecular flexibility index (Phi) is 4.29. The van der Waals surface area contributed by atoms with E-state index in [-0.39, 0.29) is 5.38 Å². The van der Waals surface area contributed by atoms with E-state index >= 15 is 0 Å². The Hall–Kier alpha value is -0.490. The van der Waals surface area contributed by atoms with Crippen LogP contribution in [0.2, 0.25) is 0 Å². The molecule has 0 spiro atoms. The van der Waals surface area contributed by atoms with Crippen molar-refractivity contribution in [2.45, 2.75) is 50.8 Å². The zero-order valence-electron chi connectivity index (χ0n) is 10.1. The van der Waals surface area contributed by atoms with Gasteiger partial charge in [-0.25, -0.2) is 0 Å². The minimum Gasteiger partial charge on any atom is -0.118 e. The van der Waals surface area contributed by atoms with Crippen molar-refractivity contribution >= 4 is 11.6 Å². The highest BCUT2D eigenvalue weighted by atomic mass is 35.5. The van der Waals surface area contributed by atoms with Crippen LogP contribution in [0.1, 0.15) is 55.5 Å². The molecule has 1 heteroatoms. The maximum Gasteiger partial charge on any atom is 0.0587 e. The second-order valence-corrected chi connectivity index (χ2v) is 5.48. The van der Waals surface area contributed by atoms with Crippen molar-refractivity contribution in [2.75, 3.05) is 0 Å². The fraction of sp³-hybridized carbons (Fsp3) is 0.600. The number of hydrogen-bond donors (Lipinski definition) is 0. The number of benzene rings is 1. The number of hydrogen-bond acceptors (Lipinski definition) is 0. The first-order valence-electron chi connectivity index (χ1n) is 6.52. The smallest absolute Gasteiger partial charge is 0.0587 e. The summed E-state index contributed by atoms with van der Waals surface area (Å²) < 4.78 is 0. The van der Waals surface area contributed by atoms with Gasteiger partial charge in [-0.3, -0.25) is 0 Å². The van der Waals surface area contributed by atoms with Crippen LogP contribution in [-0.2, 0) is 6.42 Å². The molecule has 0 radical (unpaired) electrons. The highest BCUT2D eigenvalue weighted by Crippen LogP contribution is 2.36. The van der Waals surface area contributed by atoms with Crippen LogP contribution < -0.4 is 0 Å². The maximum atomic E-state index is 6.48. The van der Waals surface area contributed by atoms with E-state index in [2.05, 4.69) is 31.2 Å². The quantitative estimate of drug-likeness (QED) is 0.638. The Morgan fingerprint density at radius 3 is 2.38 bits per heavy atom. The molecule has 0 bridgehead atoms. The van der Waals surface area contributed by atoms with E-state index in [1.54, 1.807) is 0 Å². The Morgan fingerprint density at radius 1 is 1.19 bits per heavy atom. The monoisotopic (exact) mass is 236 g/mol. The first-order valence-corrected chi connectivity index (χ1v) is 6.96. The van der Waals surface area contributed by atoms with Gasteiger partial charge in [-0.05, 0) is 29.9 Å². The van der Waals surface area contributed by atoms with Gasteiger partial charge in [0.25, 0.3) is 0 Å². The molecule has 0 amide bonds. The second-order valence-electron chi connectivity index (χ2n) is 4.95. The molecular formula is C15H21Cl. The third kappa shape index (κ3) is 3.01. The van der Waals surface area contributed by atoms with Crippen molar-refractivity contribution in [1.82, 2.24) is 0 Å². The average Bonchev–Trinajstić information content (AvgIpc) is 2.82. The SMILES string of the molecule is CCc1ccc(C(Cl)CC2CCCC2)cc1. The first-order chi connectivity index (χ1) is 7.79. The normalized spacial score (nSPS) is 18.9. The lowest BCUT2D eigenvalue weighted by atomic mass is 9.97. The molecule has 0 aliphatic heterocycles.